The lowest BCUT2D eigenvalue weighted by Gasteiger charge is -2.07. The first-order valence-corrected chi connectivity index (χ1v) is 5.15. The third-order valence-electron chi connectivity index (χ3n) is 2.80. The summed E-state index contributed by atoms with van der Waals surface area (Å²) in [6, 6.07) is 1.76. The van der Waals surface area contributed by atoms with E-state index >= 15 is 0 Å². The highest BCUT2D eigenvalue weighted by molar-refractivity contribution is 5.91. The van der Waals surface area contributed by atoms with Gasteiger partial charge in [-0.05, 0) is 25.5 Å². The van der Waals surface area contributed by atoms with Crippen LogP contribution in [0.5, 0.6) is 0 Å². The Balaban J connectivity index is 2.26. The van der Waals surface area contributed by atoms with Gasteiger partial charge in [0, 0.05) is 0 Å². The molecule has 0 spiro atoms. The van der Waals surface area contributed by atoms with Crippen LogP contribution in [0.1, 0.15) is 23.7 Å². The predicted molar refractivity (Wildman–Crippen MR) is 55.9 cm³/mol. The van der Waals surface area contributed by atoms with Crippen molar-refractivity contribution in [3.63, 3.8) is 0 Å². The molecule has 1 aromatic heterocycles. The lowest BCUT2D eigenvalue weighted by atomic mass is 10.0. The topological polar surface area (TPSA) is 79.3 Å². The summed E-state index contributed by atoms with van der Waals surface area (Å²) < 4.78 is 13.0. The van der Waals surface area contributed by atoms with E-state index < -0.39 is 23.7 Å². The third-order valence-corrected chi connectivity index (χ3v) is 2.80. The number of pyridine rings is 1. The average molecular weight is 238 g/mol. The van der Waals surface area contributed by atoms with Crippen molar-refractivity contribution in [3.05, 3.63) is 29.3 Å². The summed E-state index contributed by atoms with van der Waals surface area (Å²) in [5.74, 6) is -2.51. The van der Waals surface area contributed by atoms with Gasteiger partial charge in [-0.1, -0.05) is 0 Å². The number of carbonyl (C=O) groups is 2. The van der Waals surface area contributed by atoms with Crippen LogP contribution in [0, 0.1) is 12.7 Å². The number of aromatic nitrogens is 1. The number of amides is 1. The minimum atomic E-state index is -1.07. The minimum Gasteiger partial charge on any atom is -0.480 e. The molecule has 1 aliphatic heterocycles. The van der Waals surface area contributed by atoms with Crippen molar-refractivity contribution in [2.45, 2.75) is 25.3 Å². The molecule has 0 saturated carbocycles. The summed E-state index contributed by atoms with van der Waals surface area (Å²) in [5, 5.41) is 11.2. The molecule has 0 bridgehead atoms. The van der Waals surface area contributed by atoms with E-state index in [-0.39, 0.29) is 18.0 Å². The highest BCUT2D eigenvalue weighted by Gasteiger charge is 2.37. The van der Waals surface area contributed by atoms with E-state index in [2.05, 4.69) is 10.3 Å². The normalized spacial score (nSPS) is 23.5. The molecular weight excluding hydrogens is 227 g/mol. The first-order valence-electron chi connectivity index (χ1n) is 5.15. The molecule has 1 saturated heterocycles. The molecule has 2 atom stereocenters. The minimum absolute atomic E-state index is 0.145. The van der Waals surface area contributed by atoms with Gasteiger partial charge < -0.3 is 10.4 Å². The van der Waals surface area contributed by atoms with Gasteiger partial charge in [0.25, 0.3) is 0 Å². The highest BCUT2D eigenvalue weighted by Crippen LogP contribution is 2.26. The predicted octanol–water partition coefficient (Wildman–Crippen LogP) is 0.586. The number of rotatable bonds is 2. The quantitative estimate of drug-likeness (QED) is 0.790. The van der Waals surface area contributed by atoms with Gasteiger partial charge in [0.1, 0.15) is 11.9 Å². The number of carbonyl (C=O) groups excluding carboxylic acids is 1. The Morgan fingerprint density at radius 2 is 2.29 bits per heavy atom. The van der Waals surface area contributed by atoms with Crippen LogP contribution in [0.15, 0.2) is 12.1 Å². The van der Waals surface area contributed by atoms with Gasteiger partial charge in [0.2, 0.25) is 5.91 Å². The van der Waals surface area contributed by atoms with Crippen LogP contribution < -0.4 is 5.32 Å². The molecule has 1 aliphatic rings. The van der Waals surface area contributed by atoms with Crippen molar-refractivity contribution >= 4 is 11.9 Å². The lowest BCUT2D eigenvalue weighted by molar-refractivity contribution is -0.140. The fourth-order valence-electron chi connectivity index (χ4n) is 1.85. The molecule has 0 aromatic carbocycles. The number of carboxylic acid groups (broad SMARTS) is 1. The highest BCUT2D eigenvalue weighted by atomic mass is 19.1. The van der Waals surface area contributed by atoms with Crippen molar-refractivity contribution < 1.29 is 19.1 Å². The van der Waals surface area contributed by atoms with E-state index in [9.17, 15) is 14.0 Å². The molecule has 0 radical (unpaired) electrons. The summed E-state index contributed by atoms with van der Waals surface area (Å²) in [4.78, 5) is 26.3. The Kier molecular flexibility index (Phi) is 2.79. The Hall–Kier alpha value is -1.98. The third kappa shape index (κ3) is 2.11. The number of halogens is 1. The maximum Gasteiger partial charge on any atom is 0.326 e. The van der Waals surface area contributed by atoms with Crippen molar-refractivity contribution in [1.29, 1.82) is 0 Å². The maximum atomic E-state index is 13.0. The number of hydrogen-bond acceptors (Lipinski definition) is 3. The van der Waals surface area contributed by atoms with Crippen LogP contribution in [0.3, 0.4) is 0 Å². The molecule has 6 heteroatoms. The van der Waals surface area contributed by atoms with E-state index in [1.54, 1.807) is 0 Å². The van der Waals surface area contributed by atoms with Crippen LogP contribution >= 0.6 is 0 Å². The van der Waals surface area contributed by atoms with E-state index in [0.717, 1.165) is 0 Å². The molecule has 2 unspecified atom stereocenters. The zero-order valence-corrected chi connectivity index (χ0v) is 9.11. The molecule has 1 aromatic rings. The molecule has 5 nitrogen and oxygen atoms in total. The molecule has 90 valence electrons. The van der Waals surface area contributed by atoms with Gasteiger partial charge in [-0.15, -0.1) is 0 Å². The first-order chi connectivity index (χ1) is 7.99. The number of nitrogens with one attached hydrogen (secondary N) is 1. The summed E-state index contributed by atoms with van der Waals surface area (Å²) in [6.07, 6.45) is 0.145. The second-order valence-electron chi connectivity index (χ2n) is 3.99. The van der Waals surface area contributed by atoms with Gasteiger partial charge in [-0.25, -0.2) is 9.18 Å². The standard InChI is InChI=1S/C11H11FN2O3/c1-5-7(12)2-3-8(13-5)6-4-9(11(16)17)14-10(6)15/h2-3,6,9H,4H2,1H3,(H,14,15)(H,16,17). The van der Waals surface area contributed by atoms with Crippen molar-refractivity contribution in [2.75, 3.05) is 0 Å². The zero-order valence-electron chi connectivity index (χ0n) is 9.11. The van der Waals surface area contributed by atoms with Crippen LogP contribution in [0.25, 0.3) is 0 Å². The molecule has 2 rings (SSSR count). The number of aliphatic carboxylic acids is 1. The maximum absolute atomic E-state index is 13.0. The van der Waals surface area contributed by atoms with Gasteiger partial charge >= 0.3 is 5.97 Å². The van der Waals surface area contributed by atoms with E-state index in [1.165, 1.54) is 19.1 Å². The molecule has 17 heavy (non-hydrogen) atoms. The monoisotopic (exact) mass is 238 g/mol. The smallest absolute Gasteiger partial charge is 0.326 e. The largest absolute Gasteiger partial charge is 0.480 e. The number of hydrogen-bond donors (Lipinski definition) is 2. The molecule has 1 amide bonds. The SMILES string of the molecule is Cc1nc(C2CC(C(=O)O)NC2=O)ccc1F. The van der Waals surface area contributed by atoms with Crippen LogP contribution in [-0.4, -0.2) is 28.0 Å². The number of aryl methyl sites for hydroxylation is 1. The summed E-state index contributed by atoms with van der Waals surface area (Å²) in [7, 11) is 0. The molecule has 2 N–H and O–H groups in total. The van der Waals surface area contributed by atoms with E-state index in [4.69, 9.17) is 5.11 Å². The van der Waals surface area contributed by atoms with Gasteiger partial charge in [-0.3, -0.25) is 9.78 Å². The molecule has 1 fully saturated rings. The molecule has 0 aliphatic carbocycles. The van der Waals surface area contributed by atoms with Crippen LogP contribution in [0.4, 0.5) is 4.39 Å². The van der Waals surface area contributed by atoms with Gasteiger partial charge in [-0.2, -0.15) is 0 Å². The second-order valence-corrected chi connectivity index (χ2v) is 3.99. The second kappa shape index (κ2) is 4.12. The first kappa shape index (κ1) is 11.5. The number of nitrogens with zero attached hydrogens (tertiary/aromatic N) is 1. The zero-order chi connectivity index (χ0) is 12.6. The van der Waals surface area contributed by atoms with Crippen molar-refractivity contribution in [3.8, 4) is 0 Å². The fraction of sp³-hybridized carbons (Fsp3) is 0.364. The Bertz CT molecular complexity index is 490. The van der Waals surface area contributed by atoms with Crippen LogP contribution in [-0.2, 0) is 9.59 Å². The Morgan fingerprint density at radius 3 is 2.82 bits per heavy atom. The average Bonchev–Trinajstić information content (AvgIpc) is 2.65. The summed E-state index contributed by atoms with van der Waals surface area (Å²) in [5.41, 5.74) is 0.610. The summed E-state index contributed by atoms with van der Waals surface area (Å²) in [6.45, 7) is 1.50. The van der Waals surface area contributed by atoms with Gasteiger partial charge in [0.05, 0.1) is 17.3 Å². The number of carboxylic acids is 1. The lowest BCUT2D eigenvalue weighted by Crippen LogP contribution is -2.32. The Morgan fingerprint density at radius 1 is 1.59 bits per heavy atom. The van der Waals surface area contributed by atoms with Crippen molar-refractivity contribution in [2.24, 2.45) is 0 Å². The molecule has 2 heterocycles. The fourth-order valence-corrected chi connectivity index (χ4v) is 1.85. The van der Waals surface area contributed by atoms with Crippen LogP contribution in [0.2, 0.25) is 0 Å². The molecular formula is C11H11FN2O3. The summed E-state index contributed by atoms with van der Waals surface area (Å²) >= 11 is 0. The van der Waals surface area contributed by atoms with Crippen molar-refractivity contribution in [1.82, 2.24) is 10.3 Å². The Labute approximate surface area is 96.7 Å². The van der Waals surface area contributed by atoms with E-state index in [1.807, 2.05) is 0 Å². The van der Waals surface area contributed by atoms with E-state index in [0.29, 0.717) is 5.69 Å². The van der Waals surface area contributed by atoms with Gasteiger partial charge in [0.15, 0.2) is 0 Å².